The van der Waals surface area contributed by atoms with Gasteiger partial charge in [0.2, 0.25) is 0 Å². The Balaban J connectivity index is 3.84. The highest BCUT2D eigenvalue weighted by Gasteiger charge is 2.07. The van der Waals surface area contributed by atoms with E-state index in [1.807, 2.05) is 0 Å². The fraction of sp³-hybridized carbons (Fsp3) is 0.923. The van der Waals surface area contributed by atoms with E-state index in [9.17, 15) is 0 Å². The van der Waals surface area contributed by atoms with Crippen LogP contribution in [0.3, 0.4) is 0 Å². The van der Waals surface area contributed by atoms with Crippen LogP contribution in [0.25, 0.3) is 0 Å². The normalized spacial score (nSPS) is 10.7. The van der Waals surface area contributed by atoms with Gasteiger partial charge in [0.15, 0.2) is 5.11 Å². The monoisotopic (exact) mass is 275 g/mol. The molecule has 0 fully saturated rings. The summed E-state index contributed by atoms with van der Waals surface area (Å²) in [6.07, 6.45) is 1.15. The van der Waals surface area contributed by atoms with E-state index in [0.29, 0.717) is 6.61 Å². The first-order valence-electron chi connectivity index (χ1n) is 6.93. The first kappa shape index (κ1) is 17.6. The van der Waals surface area contributed by atoms with Gasteiger partial charge in [0.1, 0.15) is 0 Å². The average molecular weight is 275 g/mol. The molecule has 0 saturated heterocycles. The van der Waals surface area contributed by atoms with Crippen molar-refractivity contribution in [3.63, 3.8) is 0 Å². The molecule has 0 radical (unpaired) electrons. The maximum Gasteiger partial charge on any atom is 0.169 e. The molecule has 0 bridgehead atoms. The third kappa shape index (κ3) is 7.84. The number of nitrogens with zero attached hydrogens (tertiary/aromatic N) is 2. The van der Waals surface area contributed by atoms with Crippen LogP contribution in [0, 0.1) is 0 Å². The molecule has 4 nitrogen and oxygen atoms in total. The van der Waals surface area contributed by atoms with Crippen molar-refractivity contribution in [2.45, 2.75) is 27.2 Å². The molecule has 1 N–H and O–H groups in total. The highest BCUT2D eigenvalue weighted by atomic mass is 32.1. The first-order chi connectivity index (χ1) is 8.69. The molecular formula is C13H29N3OS. The number of ether oxygens (including phenoxy) is 1. The fourth-order valence-corrected chi connectivity index (χ4v) is 2.12. The second kappa shape index (κ2) is 11.7. The van der Waals surface area contributed by atoms with E-state index in [2.05, 4.69) is 35.9 Å². The summed E-state index contributed by atoms with van der Waals surface area (Å²) in [5, 5.41) is 4.06. The van der Waals surface area contributed by atoms with Crippen molar-refractivity contribution in [2.24, 2.45) is 0 Å². The van der Waals surface area contributed by atoms with Crippen LogP contribution in [0.15, 0.2) is 0 Å². The zero-order chi connectivity index (χ0) is 13.8. The summed E-state index contributed by atoms with van der Waals surface area (Å²) < 4.78 is 5.00. The molecular weight excluding hydrogens is 246 g/mol. The van der Waals surface area contributed by atoms with E-state index >= 15 is 0 Å². The van der Waals surface area contributed by atoms with Gasteiger partial charge in [0.05, 0.1) is 6.61 Å². The molecule has 0 atom stereocenters. The minimum absolute atomic E-state index is 0.692. The van der Waals surface area contributed by atoms with Crippen LogP contribution >= 0.6 is 12.2 Å². The summed E-state index contributed by atoms with van der Waals surface area (Å²) in [5.74, 6) is 0. The molecule has 108 valence electrons. The van der Waals surface area contributed by atoms with Crippen LogP contribution < -0.4 is 5.32 Å². The molecule has 0 aromatic carbocycles. The molecule has 0 unspecified atom stereocenters. The second-order valence-corrected chi connectivity index (χ2v) is 4.57. The number of nitrogens with one attached hydrogen (secondary N) is 1. The Morgan fingerprint density at radius 3 is 2.28 bits per heavy atom. The lowest BCUT2D eigenvalue weighted by molar-refractivity contribution is 0.203. The summed E-state index contributed by atoms with van der Waals surface area (Å²) in [6, 6.07) is 0. The van der Waals surface area contributed by atoms with Gasteiger partial charge in [-0.05, 0) is 45.2 Å². The van der Waals surface area contributed by atoms with Crippen LogP contribution in [-0.2, 0) is 4.74 Å². The largest absolute Gasteiger partial charge is 0.383 e. The Labute approximate surface area is 118 Å². The van der Waals surface area contributed by atoms with Gasteiger partial charge in [0, 0.05) is 26.7 Å². The maximum atomic E-state index is 5.37. The summed E-state index contributed by atoms with van der Waals surface area (Å²) in [7, 11) is 1.70. The SMILES string of the molecule is CCN(CC)CCCN(CC)C(=S)NCCOC. The molecule has 0 aromatic heterocycles. The van der Waals surface area contributed by atoms with Gasteiger partial charge in [0.25, 0.3) is 0 Å². The Morgan fingerprint density at radius 1 is 1.11 bits per heavy atom. The van der Waals surface area contributed by atoms with Crippen LogP contribution in [0.5, 0.6) is 0 Å². The van der Waals surface area contributed by atoms with E-state index in [1.54, 1.807) is 7.11 Å². The van der Waals surface area contributed by atoms with Crippen LogP contribution in [0.4, 0.5) is 0 Å². The Bertz CT molecular complexity index is 210. The van der Waals surface area contributed by atoms with Gasteiger partial charge in [-0.15, -0.1) is 0 Å². The van der Waals surface area contributed by atoms with Gasteiger partial charge >= 0.3 is 0 Å². The van der Waals surface area contributed by atoms with E-state index < -0.39 is 0 Å². The number of hydrogen-bond acceptors (Lipinski definition) is 3. The number of thiocarbonyl (C=S) groups is 1. The molecule has 18 heavy (non-hydrogen) atoms. The van der Waals surface area contributed by atoms with Crippen molar-refractivity contribution in [3.8, 4) is 0 Å². The van der Waals surface area contributed by atoms with Crippen LogP contribution in [0.2, 0.25) is 0 Å². The van der Waals surface area contributed by atoms with E-state index in [-0.39, 0.29) is 0 Å². The standard InChI is InChI=1S/C13H29N3OS/c1-5-15(6-2)10-8-11-16(7-3)13(18)14-9-12-17-4/h5-12H2,1-4H3,(H,14,18). The molecule has 0 amide bonds. The highest BCUT2D eigenvalue weighted by molar-refractivity contribution is 7.80. The summed E-state index contributed by atoms with van der Waals surface area (Å²) in [4.78, 5) is 4.66. The smallest absolute Gasteiger partial charge is 0.169 e. The Hall–Kier alpha value is -0.390. The lowest BCUT2D eigenvalue weighted by Gasteiger charge is -2.26. The molecule has 0 aliphatic rings. The topological polar surface area (TPSA) is 27.7 Å². The quantitative estimate of drug-likeness (QED) is 0.482. The third-order valence-electron chi connectivity index (χ3n) is 3.05. The molecule has 0 heterocycles. The lowest BCUT2D eigenvalue weighted by atomic mass is 10.3. The number of hydrogen-bond donors (Lipinski definition) is 1. The second-order valence-electron chi connectivity index (χ2n) is 4.18. The van der Waals surface area contributed by atoms with Gasteiger partial charge in [-0.1, -0.05) is 13.8 Å². The van der Waals surface area contributed by atoms with Gasteiger partial charge in [-0.2, -0.15) is 0 Å². The van der Waals surface area contributed by atoms with Crippen molar-refractivity contribution in [2.75, 3.05) is 53.0 Å². The van der Waals surface area contributed by atoms with Gasteiger partial charge in [-0.3, -0.25) is 0 Å². The molecule has 0 aliphatic carbocycles. The van der Waals surface area contributed by atoms with Crippen molar-refractivity contribution >= 4 is 17.3 Å². The van der Waals surface area contributed by atoms with Crippen molar-refractivity contribution in [1.29, 1.82) is 0 Å². The predicted octanol–water partition coefficient (Wildman–Crippen LogP) is 1.56. The summed E-state index contributed by atoms with van der Waals surface area (Å²) >= 11 is 5.37. The van der Waals surface area contributed by atoms with Crippen LogP contribution in [-0.4, -0.2) is 67.9 Å². The van der Waals surface area contributed by atoms with Gasteiger partial charge < -0.3 is 19.9 Å². The average Bonchev–Trinajstić information content (AvgIpc) is 2.39. The summed E-state index contributed by atoms with van der Waals surface area (Å²) in [6.45, 7) is 13.4. The van der Waals surface area contributed by atoms with Crippen molar-refractivity contribution < 1.29 is 4.74 Å². The summed E-state index contributed by atoms with van der Waals surface area (Å²) in [5.41, 5.74) is 0. The van der Waals surface area contributed by atoms with E-state index in [0.717, 1.165) is 50.8 Å². The first-order valence-corrected chi connectivity index (χ1v) is 7.34. The highest BCUT2D eigenvalue weighted by Crippen LogP contribution is 1.96. The van der Waals surface area contributed by atoms with Gasteiger partial charge in [-0.25, -0.2) is 0 Å². The third-order valence-corrected chi connectivity index (χ3v) is 3.45. The minimum atomic E-state index is 0.692. The molecule has 0 saturated carbocycles. The Morgan fingerprint density at radius 2 is 1.78 bits per heavy atom. The predicted molar refractivity (Wildman–Crippen MR) is 82.1 cm³/mol. The number of methoxy groups -OCH3 is 1. The molecule has 0 spiro atoms. The molecule has 5 heteroatoms. The molecule has 0 aromatic rings. The fourth-order valence-electron chi connectivity index (χ4n) is 1.80. The zero-order valence-corrected chi connectivity index (χ0v) is 13.2. The van der Waals surface area contributed by atoms with E-state index in [1.165, 1.54) is 0 Å². The van der Waals surface area contributed by atoms with Crippen LogP contribution in [0.1, 0.15) is 27.2 Å². The molecule has 0 aliphatic heterocycles. The minimum Gasteiger partial charge on any atom is -0.383 e. The zero-order valence-electron chi connectivity index (χ0n) is 12.4. The lowest BCUT2D eigenvalue weighted by Crippen LogP contribution is -2.42. The van der Waals surface area contributed by atoms with Crippen molar-refractivity contribution in [1.82, 2.24) is 15.1 Å². The maximum absolute atomic E-state index is 5.37. The Kier molecular flexibility index (Phi) is 11.4. The molecule has 0 rings (SSSR count). The van der Waals surface area contributed by atoms with Crippen molar-refractivity contribution in [3.05, 3.63) is 0 Å². The number of rotatable bonds is 10. The van der Waals surface area contributed by atoms with E-state index in [4.69, 9.17) is 17.0 Å².